The van der Waals surface area contributed by atoms with Crippen LogP contribution in [0.25, 0.3) is 0 Å². The molecule has 0 saturated heterocycles. The Morgan fingerprint density at radius 2 is 1.58 bits per heavy atom. The van der Waals surface area contributed by atoms with Gasteiger partial charge >= 0.3 is 0 Å². The highest BCUT2D eigenvalue weighted by Crippen LogP contribution is 2.26. The van der Waals surface area contributed by atoms with Crippen LogP contribution in [-0.4, -0.2) is 10.9 Å². The lowest BCUT2D eigenvalue weighted by Crippen LogP contribution is -2.11. The van der Waals surface area contributed by atoms with Crippen LogP contribution >= 0.6 is 0 Å². The first-order valence-corrected chi connectivity index (χ1v) is 8.91. The molecule has 0 aliphatic heterocycles. The van der Waals surface area contributed by atoms with Gasteiger partial charge in [0.25, 0.3) is 5.91 Å². The molecule has 132 valence electrons. The smallest absolute Gasteiger partial charge is 0.255 e. The number of nitrogens with one attached hydrogen (secondary N) is 2. The number of hydrogen-bond acceptors (Lipinski definition) is 3. The Bertz CT molecular complexity index is 851. The van der Waals surface area contributed by atoms with E-state index in [9.17, 15) is 4.79 Å². The van der Waals surface area contributed by atoms with E-state index in [0.717, 1.165) is 24.3 Å². The van der Waals surface area contributed by atoms with Gasteiger partial charge in [-0.2, -0.15) is 0 Å². The number of pyridine rings is 1. The fourth-order valence-corrected chi connectivity index (χ4v) is 2.87. The first-order chi connectivity index (χ1) is 12.7. The van der Waals surface area contributed by atoms with E-state index in [2.05, 4.69) is 47.7 Å². The molecule has 0 bridgehead atoms. The van der Waals surface area contributed by atoms with Crippen LogP contribution in [0, 0.1) is 0 Å². The molecule has 0 fully saturated rings. The molecule has 2 aromatic carbocycles. The summed E-state index contributed by atoms with van der Waals surface area (Å²) in [6.45, 7) is 4.30. The molecule has 3 rings (SSSR count). The van der Waals surface area contributed by atoms with Gasteiger partial charge < -0.3 is 10.6 Å². The number of para-hydroxylation sites is 1. The summed E-state index contributed by atoms with van der Waals surface area (Å²) in [4.78, 5) is 16.6. The molecular weight excluding hydrogens is 322 g/mol. The molecule has 0 unspecified atom stereocenters. The molecule has 1 amide bonds. The Hall–Kier alpha value is -3.14. The average Bonchev–Trinajstić information content (AvgIpc) is 2.70. The van der Waals surface area contributed by atoms with Crippen LogP contribution in [0.1, 0.15) is 35.3 Å². The first kappa shape index (κ1) is 17.7. The summed E-state index contributed by atoms with van der Waals surface area (Å²) >= 11 is 0. The second kappa shape index (κ2) is 8.30. The molecule has 4 nitrogen and oxygen atoms in total. The number of amides is 1. The van der Waals surface area contributed by atoms with Crippen molar-refractivity contribution in [2.24, 2.45) is 0 Å². The number of carbonyl (C=O) groups excluding carboxylic acids is 1. The Morgan fingerprint density at radius 1 is 0.885 bits per heavy atom. The molecule has 0 atom stereocenters. The summed E-state index contributed by atoms with van der Waals surface area (Å²) in [6, 6.07) is 19.2. The highest BCUT2D eigenvalue weighted by molar-refractivity contribution is 6.04. The van der Waals surface area contributed by atoms with Gasteiger partial charge in [-0.05, 0) is 48.2 Å². The number of carbonyl (C=O) groups is 1. The van der Waals surface area contributed by atoms with Gasteiger partial charge in [0.2, 0.25) is 0 Å². The predicted molar refractivity (Wildman–Crippen MR) is 107 cm³/mol. The van der Waals surface area contributed by atoms with Gasteiger partial charge in [0.05, 0.1) is 11.9 Å². The molecule has 0 spiro atoms. The van der Waals surface area contributed by atoms with Gasteiger partial charge in [0.1, 0.15) is 5.82 Å². The average molecular weight is 345 g/mol. The molecule has 1 heterocycles. The maximum atomic E-state index is 12.2. The molecule has 2 N–H and O–H groups in total. The third-order valence-electron chi connectivity index (χ3n) is 4.31. The summed E-state index contributed by atoms with van der Waals surface area (Å²) in [7, 11) is 0. The number of aromatic nitrogens is 1. The third-order valence-corrected chi connectivity index (χ3v) is 4.31. The minimum Gasteiger partial charge on any atom is -0.340 e. The van der Waals surface area contributed by atoms with Crippen molar-refractivity contribution in [2.75, 3.05) is 10.6 Å². The van der Waals surface area contributed by atoms with Crippen molar-refractivity contribution in [1.82, 2.24) is 4.98 Å². The number of anilines is 3. The van der Waals surface area contributed by atoms with Crippen LogP contribution in [0.15, 0.2) is 66.9 Å². The minimum absolute atomic E-state index is 0.141. The molecule has 26 heavy (non-hydrogen) atoms. The summed E-state index contributed by atoms with van der Waals surface area (Å²) < 4.78 is 0. The second-order valence-corrected chi connectivity index (χ2v) is 6.04. The van der Waals surface area contributed by atoms with E-state index in [-0.39, 0.29) is 5.91 Å². The Morgan fingerprint density at radius 3 is 2.15 bits per heavy atom. The van der Waals surface area contributed by atoms with E-state index < -0.39 is 0 Å². The molecule has 0 radical (unpaired) electrons. The van der Waals surface area contributed by atoms with Gasteiger partial charge in [-0.1, -0.05) is 50.2 Å². The molecule has 1 aromatic heterocycles. The zero-order valence-electron chi connectivity index (χ0n) is 15.1. The first-order valence-electron chi connectivity index (χ1n) is 8.91. The van der Waals surface area contributed by atoms with E-state index >= 15 is 0 Å². The van der Waals surface area contributed by atoms with E-state index in [1.165, 1.54) is 11.1 Å². The van der Waals surface area contributed by atoms with Gasteiger partial charge in [-0.15, -0.1) is 0 Å². The molecule has 0 saturated carbocycles. The van der Waals surface area contributed by atoms with Crippen molar-refractivity contribution in [3.05, 3.63) is 83.6 Å². The van der Waals surface area contributed by atoms with Gasteiger partial charge in [0, 0.05) is 11.3 Å². The van der Waals surface area contributed by atoms with Crippen molar-refractivity contribution in [3.8, 4) is 0 Å². The minimum atomic E-state index is -0.141. The van der Waals surface area contributed by atoms with Gasteiger partial charge in [-0.25, -0.2) is 4.98 Å². The molecule has 4 heteroatoms. The van der Waals surface area contributed by atoms with E-state index in [1.807, 2.05) is 30.3 Å². The highest BCUT2D eigenvalue weighted by atomic mass is 16.1. The van der Waals surface area contributed by atoms with Crippen LogP contribution < -0.4 is 10.6 Å². The Kier molecular flexibility index (Phi) is 5.64. The Labute approximate surface area is 154 Å². The number of aryl methyl sites for hydroxylation is 2. The lowest BCUT2D eigenvalue weighted by atomic mass is 10.0. The maximum absolute atomic E-state index is 12.2. The van der Waals surface area contributed by atoms with E-state index in [0.29, 0.717) is 11.3 Å². The third kappa shape index (κ3) is 4.09. The predicted octanol–water partition coefficient (Wildman–Crippen LogP) is 5.20. The van der Waals surface area contributed by atoms with Crippen molar-refractivity contribution in [3.63, 3.8) is 0 Å². The van der Waals surface area contributed by atoms with Crippen molar-refractivity contribution >= 4 is 23.1 Å². The van der Waals surface area contributed by atoms with Crippen molar-refractivity contribution in [1.29, 1.82) is 0 Å². The lowest BCUT2D eigenvalue weighted by molar-refractivity contribution is 0.102. The highest BCUT2D eigenvalue weighted by Gasteiger charge is 2.08. The monoisotopic (exact) mass is 345 g/mol. The zero-order valence-corrected chi connectivity index (χ0v) is 15.1. The van der Waals surface area contributed by atoms with Crippen LogP contribution in [0.5, 0.6) is 0 Å². The maximum Gasteiger partial charge on any atom is 0.255 e. The van der Waals surface area contributed by atoms with Gasteiger partial charge in [0.15, 0.2) is 0 Å². The number of nitrogens with zero attached hydrogens (tertiary/aromatic N) is 1. The molecule has 0 aliphatic carbocycles. The number of hydrogen-bond donors (Lipinski definition) is 2. The molecule has 3 aromatic rings. The standard InChI is InChI=1S/C22H23N3O/c1-3-16-11-8-12-17(4-2)21(16)25-20-14-13-19(15-23-20)24-22(26)18-9-6-5-7-10-18/h5-15H,3-4H2,1-2H3,(H,23,25)(H,24,26). The normalized spacial score (nSPS) is 10.4. The summed E-state index contributed by atoms with van der Waals surface area (Å²) in [5, 5.41) is 6.30. The Balaban J connectivity index is 1.74. The quantitative estimate of drug-likeness (QED) is 0.645. The van der Waals surface area contributed by atoms with E-state index in [4.69, 9.17) is 0 Å². The summed E-state index contributed by atoms with van der Waals surface area (Å²) in [5.74, 6) is 0.621. The fraction of sp³-hybridized carbons (Fsp3) is 0.182. The summed E-state index contributed by atoms with van der Waals surface area (Å²) in [5.41, 5.74) is 4.97. The van der Waals surface area contributed by atoms with Crippen LogP contribution in [0.2, 0.25) is 0 Å². The zero-order chi connectivity index (χ0) is 18.4. The van der Waals surface area contributed by atoms with Crippen molar-refractivity contribution in [2.45, 2.75) is 26.7 Å². The van der Waals surface area contributed by atoms with Gasteiger partial charge in [-0.3, -0.25) is 4.79 Å². The van der Waals surface area contributed by atoms with Crippen LogP contribution in [-0.2, 0) is 12.8 Å². The van der Waals surface area contributed by atoms with Crippen LogP contribution in [0.3, 0.4) is 0 Å². The largest absolute Gasteiger partial charge is 0.340 e. The number of benzene rings is 2. The number of rotatable bonds is 6. The second-order valence-electron chi connectivity index (χ2n) is 6.04. The summed E-state index contributed by atoms with van der Waals surface area (Å²) in [6.07, 6.45) is 3.59. The molecule has 0 aliphatic rings. The van der Waals surface area contributed by atoms with Crippen molar-refractivity contribution < 1.29 is 4.79 Å². The SMILES string of the molecule is CCc1cccc(CC)c1Nc1ccc(NC(=O)c2ccccc2)cn1. The lowest BCUT2D eigenvalue weighted by Gasteiger charge is -2.15. The topological polar surface area (TPSA) is 54.0 Å². The molecular formula is C22H23N3O. The fourth-order valence-electron chi connectivity index (χ4n) is 2.87. The van der Waals surface area contributed by atoms with Crippen LogP contribution in [0.4, 0.5) is 17.2 Å². The van der Waals surface area contributed by atoms with E-state index in [1.54, 1.807) is 18.3 Å².